The first-order valence-corrected chi connectivity index (χ1v) is 6.09. The van der Waals surface area contributed by atoms with Gasteiger partial charge in [-0.15, -0.1) is 0 Å². The molecule has 2 rings (SSSR count). The minimum atomic E-state index is 0.987. The van der Waals surface area contributed by atoms with Gasteiger partial charge in [-0.3, -0.25) is 0 Å². The molecule has 0 aliphatic heterocycles. The average Bonchev–Trinajstić information content (AvgIpc) is 2.57. The maximum Gasteiger partial charge on any atom is -0.0199 e. The van der Waals surface area contributed by atoms with Gasteiger partial charge in [0, 0.05) is 0 Å². The van der Waals surface area contributed by atoms with E-state index in [-0.39, 0.29) is 0 Å². The Labute approximate surface area is 82.4 Å². The fourth-order valence-corrected chi connectivity index (χ4v) is 3.01. The van der Waals surface area contributed by atoms with E-state index >= 15 is 0 Å². The van der Waals surface area contributed by atoms with Gasteiger partial charge in [-0.1, -0.05) is 37.8 Å². The molecule has 74 valence electrons. The van der Waals surface area contributed by atoms with Crippen LogP contribution in [0.25, 0.3) is 0 Å². The Balaban J connectivity index is 1.86. The van der Waals surface area contributed by atoms with Gasteiger partial charge < -0.3 is 0 Å². The third kappa shape index (κ3) is 2.15. The fraction of sp³-hybridized carbons (Fsp3) is 0.846. The minimum absolute atomic E-state index is 0.987. The Morgan fingerprint density at radius 1 is 1.31 bits per heavy atom. The van der Waals surface area contributed by atoms with Crippen LogP contribution in [0.2, 0.25) is 0 Å². The molecule has 0 saturated heterocycles. The van der Waals surface area contributed by atoms with E-state index in [1.54, 1.807) is 5.57 Å². The molecular formula is C13H22. The van der Waals surface area contributed by atoms with Crippen LogP contribution in [0.4, 0.5) is 0 Å². The Morgan fingerprint density at radius 2 is 2.15 bits per heavy atom. The van der Waals surface area contributed by atoms with Crippen molar-refractivity contribution in [1.29, 1.82) is 0 Å². The Hall–Kier alpha value is -0.260. The van der Waals surface area contributed by atoms with E-state index < -0.39 is 0 Å². The van der Waals surface area contributed by atoms with Gasteiger partial charge in [-0.25, -0.2) is 0 Å². The van der Waals surface area contributed by atoms with Crippen LogP contribution in [0.15, 0.2) is 11.6 Å². The lowest BCUT2D eigenvalue weighted by molar-refractivity contribution is 0.302. The highest BCUT2D eigenvalue weighted by molar-refractivity contribution is 5.14. The topological polar surface area (TPSA) is 0 Å². The summed E-state index contributed by atoms with van der Waals surface area (Å²) in [4.78, 5) is 0. The van der Waals surface area contributed by atoms with Crippen molar-refractivity contribution in [3.63, 3.8) is 0 Å². The van der Waals surface area contributed by atoms with Crippen molar-refractivity contribution in [1.82, 2.24) is 0 Å². The number of hydrogen-bond acceptors (Lipinski definition) is 0. The molecule has 0 radical (unpaired) electrons. The number of hydrogen-bond donors (Lipinski definition) is 0. The van der Waals surface area contributed by atoms with Crippen molar-refractivity contribution >= 4 is 0 Å². The molecule has 0 heteroatoms. The lowest BCUT2D eigenvalue weighted by atomic mass is 9.81. The molecule has 0 spiro atoms. The number of unbranched alkanes of at least 4 members (excludes halogenated alkanes) is 1. The molecule has 0 bridgehead atoms. The van der Waals surface area contributed by atoms with Crippen LogP contribution in [-0.2, 0) is 0 Å². The van der Waals surface area contributed by atoms with Gasteiger partial charge in [0.1, 0.15) is 0 Å². The van der Waals surface area contributed by atoms with Gasteiger partial charge in [0.2, 0.25) is 0 Å². The van der Waals surface area contributed by atoms with Crippen molar-refractivity contribution in [2.45, 2.75) is 58.3 Å². The van der Waals surface area contributed by atoms with E-state index in [2.05, 4.69) is 13.0 Å². The highest BCUT2D eigenvalue weighted by atomic mass is 14.3. The molecule has 0 aromatic rings. The normalized spacial score (nSPS) is 32.8. The monoisotopic (exact) mass is 178 g/mol. The van der Waals surface area contributed by atoms with Crippen LogP contribution >= 0.6 is 0 Å². The summed E-state index contributed by atoms with van der Waals surface area (Å²) in [5.41, 5.74) is 1.79. The summed E-state index contributed by atoms with van der Waals surface area (Å²) in [5, 5.41) is 0. The molecule has 0 nitrogen and oxygen atoms in total. The summed E-state index contributed by atoms with van der Waals surface area (Å²) >= 11 is 0. The first-order valence-electron chi connectivity index (χ1n) is 6.09. The molecule has 0 aromatic carbocycles. The van der Waals surface area contributed by atoms with Crippen molar-refractivity contribution in [2.75, 3.05) is 0 Å². The Bertz CT molecular complexity index is 190. The molecule has 1 fully saturated rings. The number of fused-ring (bicyclic) bond motifs is 1. The SMILES string of the molecule is CCCCC1=CC2CCCCC2C1. The highest BCUT2D eigenvalue weighted by Gasteiger charge is 2.28. The second kappa shape index (κ2) is 4.30. The van der Waals surface area contributed by atoms with E-state index in [0.717, 1.165) is 11.8 Å². The molecule has 0 N–H and O–H groups in total. The van der Waals surface area contributed by atoms with Crippen molar-refractivity contribution < 1.29 is 0 Å². The third-order valence-corrected chi connectivity index (χ3v) is 3.79. The zero-order chi connectivity index (χ0) is 9.10. The average molecular weight is 178 g/mol. The minimum Gasteiger partial charge on any atom is -0.0819 e. The molecule has 2 atom stereocenters. The van der Waals surface area contributed by atoms with E-state index in [9.17, 15) is 0 Å². The van der Waals surface area contributed by atoms with Crippen LogP contribution in [-0.4, -0.2) is 0 Å². The van der Waals surface area contributed by atoms with Gasteiger partial charge in [-0.05, 0) is 43.9 Å². The molecule has 13 heavy (non-hydrogen) atoms. The molecule has 0 heterocycles. The number of rotatable bonds is 3. The molecule has 2 unspecified atom stereocenters. The summed E-state index contributed by atoms with van der Waals surface area (Å²) < 4.78 is 0. The first-order chi connectivity index (χ1) is 6.40. The van der Waals surface area contributed by atoms with Crippen LogP contribution in [0.3, 0.4) is 0 Å². The lowest BCUT2D eigenvalue weighted by Crippen LogP contribution is -2.12. The first kappa shape index (κ1) is 9.30. The van der Waals surface area contributed by atoms with Gasteiger partial charge in [-0.2, -0.15) is 0 Å². The predicted octanol–water partition coefficient (Wildman–Crippen LogP) is 4.31. The number of allylic oxidation sites excluding steroid dienone is 2. The quantitative estimate of drug-likeness (QED) is 0.565. The molecule has 1 saturated carbocycles. The lowest BCUT2D eigenvalue weighted by Gasteiger charge is -2.24. The van der Waals surface area contributed by atoms with Crippen molar-refractivity contribution in [3.05, 3.63) is 11.6 Å². The maximum absolute atomic E-state index is 2.62. The van der Waals surface area contributed by atoms with E-state index in [0.29, 0.717) is 0 Å². The van der Waals surface area contributed by atoms with Crippen LogP contribution in [0.1, 0.15) is 58.3 Å². The second-order valence-electron chi connectivity index (χ2n) is 4.84. The molecule has 2 aliphatic carbocycles. The van der Waals surface area contributed by atoms with Gasteiger partial charge in [0.05, 0.1) is 0 Å². The Morgan fingerprint density at radius 3 is 2.92 bits per heavy atom. The molecule has 0 aromatic heterocycles. The largest absolute Gasteiger partial charge is 0.0819 e. The van der Waals surface area contributed by atoms with Gasteiger partial charge in [0.15, 0.2) is 0 Å². The standard InChI is InChI=1S/C13H22/c1-2-3-6-11-9-12-7-4-5-8-13(12)10-11/h9,12-13H,2-8,10H2,1H3. The van der Waals surface area contributed by atoms with E-state index in [4.69, 9.17) is 0 Å². The second-order valence-corrected chi connectivity index (χ2v) is 4.84. The molecule has 0 amide bonds. The highest BCUT2D eigenvalue weighted by Crippen LogP contribution is 2.42. The van der Waals surface area contributed by atoms with Crippen molar-refractivity contribution in [3.8, 4) is 0 Å². The Kier molecular flexibility index (Phi) is 3.08. The third-order valence-electron chi connectivity index (χ3n) is 3.79. The smallest absolute Gasteiger partial charge is 0.0199 e. The van der Waals surface area contributed by atoms with Crippen LogP contribution in [0.5, 0.6) is 0 Å². The van der Waals surface area contributed by atoms with Crippen LogP contribution < -0.4 is 0 Å². The zero-order valence-corrected chi connectivity index (χ0v) is 8.89. The van der Waals surface area contributed by atoms with E-state index in [1.165, 1.54) is 51.4 Å². The fourth-order valence-electron chi connectivity index (χ4n) is 3.01. The van der Waals surface area contributed by atoms with Gasteiger partial charge >= 0.3 is 0 Å². The van der Waals surface area contributed by atoms with E-state index in [1.807, 2.05) is 0 Å². The van der Waals surface area contributed by atoms with Crippen LogP contribution in [0, 0.1) is 11.8 Å². The molecular weight excluding hydrogens is 156 g/mol. The summed E-state index contributed by atoms with van der Waals surface area (Å²) in [6.07, 6.45) is 14.2. The summed E-state index contributed by atoms with van der Waals surface area (Å²) in [6.45, 7) is 2.29. The predicted molar refractivity (Wildman–Crippen MR) is 57.7 cm³/mol. The zero-order valence-electron chi connectivity index (χ0n) is 8.89. The summed E-state index contributed by atoms with van der Waals surface area (Å²) in [6, 6.07) is 0. The summed E-state index contributed by atoms with van der Waals surface area (Å²) in [5.74, 6) is 2.04. The maximum atomic E-state index is 2.62. The molecule has 2 aliphatic rings. The van der Waals surface area contributed by atoms with Crippen molar-refractivity contribution in [2.24, 2.45) is 11.8 Å². The summed E-state index contributed by atoms with van der Waals surface area (Å²) in [7, 11) is 0. The van der Waals surface area contributed by atoms with Gasteiger partial charge in [0.25, 0.3) is 0 Å².